The molecule has 0 aliphatic heterocycles. The van der Waals surface area contributed by atoms with Crippen molar-refractivity contribution >= 4 is 18.1 Å². The molecule has 2 N–H and O–H groups in total. The second kappa shape index (κ2) is 7.02. The summed E-state index contributed by atoms with van der Waals surface area (Å²) in [7, 11) is 1.94. The minimum atomic E-state index is -0.512. The zero-order chi connectivity index (χ0) is 17.1. The van der Waals surface area contributed by atoms with Crippen LogP contribution in [0.5, 0.6) is 0 Å². The maximum Gasteiger partial charge on any atom is 0.251 e. The van der Waals surface area contributed by atoms with Crippen molar-refractivity contribution in [1.29, 1.82) is 0 Å². The Kier molecular flexibility index (Phi) is 5.28. The van der Waals surface area contributed by atoms with Gasteiger partial charge in [-0.1, -0.05) is 24.4 Å². The van der Waals surface area contributed by atoms with Gasteiger partial charge in [-0.2, -0.15) is 0 Å². The molecule has 0 atom stereocenters. The van der Waals surface area contributed by atoms with Crippen molar-refractivity contribution in [3.05, 3.63) is 63.2 Å². The van der Waals surface area contributed by atoms with Crippen LogP contribution in [0.25, 0.3) is 0 Å². The van der Waals surface area contributed by atoms with Crippen LogP contribution in [0.2, 0.25) is 0 Å². The number of halogens is 1. The van der Waals surface area contributed by atoms with E-state index < -0.39 is 5.91 Å². The van der Waals surface area contributed by atoms with Crippen LogP contribution in [0.1, 0.15) is 27.2 Å². The first-order valence-electron chi connectivity index (χ1n) is 7.23. The third-order valence-corrected chi connectivity index (χ3v) is 4.12. The number of carbonyl (C=O) groups is 1. The lowest BCUT2D eigenvalue weighted by molar-refractivity contribution is 0.0998. The third kappa shape index (κ3) is 4.03. The van der Waals surface area contributed by atoms with E-state index in [1.807, 2.05) is 36.4 Å². The molecule has 1 heterocycles. The van der Waals surface area contributed by atoms with Gasteiger partial charge < -0.3 is 10.3 Å². The zero-order valence-corrected chi connectivity index (χ0v) is 14.3. The average Bonchev–Trinajstić information content (AvgIpc) is 2.45. The summed E-state index contributed by atoms with van der Waals surface area (Å²) in [6.07, 6.45) is 0. The van der Waals surface area contributed by atoms with Gasteiger partial charge in [-0.15, -0.1) is 0 Å². The largest absolute Gasteiger partial charge is 0.365 e. The van der Waals surface area contributed by atoms with Crippen molar-refractivity contribution in [3.8, 4) is 0 Å². The first kappa shape index (κ1) is 17.3. The number of hydrogen-bond acceptors (Lipinski definition) is 3. The van der Waals surface area contributed by atoms with Crippen molar-refractivity contribution in [2.75, 3.05) is 7.05 Å². The predicted molar refractivity (Wildman–Crippen MR) is 91.1 cm³/mol. The van der Waals surface area contributed by atoms with Gasteiger partial charge in [0.25, 0.3) is 5.91 Å². The molecule has 0 fully saturated rings. The highest BCUT2D eigenvalue weighted by Gasteiger charge is 2.13. The van der Waals surface area contributed by atoms with Crippen LogP contribution >= 0.6 is 12.2 Å². The van der Waals surface area contributed by atoms with Crippen LogP contribution in [0, 0.1) is 24.3 Å². The summed E-state index contributed by atoms with van der Waals surface area (Å²) >= 11 is 5.43. The molecular weight excluding hydrogens is 313 g/mol. The number of nitrogens with two attached hydrogens (primary N) is 1. The number of nitrogens with zero attached hydrogens (tertiary/aromatic N) is 2. The lowest BCUT2D eigenvalue weighted by Crippen LogP contribution is -2.25. The highest BCUT2D eigenvalue weighted by molar-refractivity contribution is 7.71. The molecule has 1 aromatic carbocycles. The summed E-state index contributed by atoms with van der Waals surface area (Å²) in [5.41, 5.74) is 8.58. The standard InChI is InChI=1S/C17H20FN3OS/c1-11-8-12(2)21(17(23)15(11)16(19)22)10-20(3)9-13-4-6-14(18)7-5-13/h4-8H,9-10H2,1-3H3,(H2,19,22). The fourth-order valence-corrected chi connectivity index (χ4v) is 3.06. The number of carbonyl (C=O) groups excluding carboxylic acids is 1. The number of hydrogen-bond donors (Lipinski definition) is 1. The van der Waals surface area contributed by atoms with Gasteiger partial charge in [0, 0.05) is 12.2 Å². The summed E-state index contributed by atoms with van der Waals surface area (Å²) in [6, 6.07) is 8.29. The number of aryl methyl sites for hydroxylation is 2. The fraction of sp³-hybridized carbons (Fsp3) is 0.294. The Labute approximate surface area is 140 Å². The minimum Gasteiger partial charge on any atom is -0.365 e. The smallest absolute Gasteiger partial charge is 0.251 e. The maximum absolute atomic E-state index is 13.0. The first-order chi connectivity index (χ1) is 10.8. The number of benzene rings is 1. The molecule has 122 valence electrons. The summed E-state index contributed by atoms with van der Waals surface area (Å²) in [4.78, 5) is 13.6. The van der Waals surface area contributed by atoms with Gasteiger partial charge in [-0.05, 0) is 50.2 Å². The molecule has 0 aliphatic carbocycles. The lowest BCUT2D eigenvalue weighted by Gasteiger charge is -2.22. The molecule has 0 radical (unpaired) electrons. The van der Waals surface area contributed by atoms with E-state index in [9.17, 15) is 9.18 Å². The SMILES string of the molecule is Cc1cc(C)n(CN(C)Cc2ccc(F)cc2)c(=S)c1C(N)=O. The van der Waals surface area contributed by atoms with Crippen LogP contribution in [0.15, 0.2) is 30.3 Å². The Morgan fingerprint density at radius 1 is 1.30 bits per heavy atom. The van der Waals surface area contributed by atoms with Crippen molar-refractivity contribution < 1.29 is 9.18 Å². The van der Waals surface area contributed by atoms with E-state index in [2.05, 4.69) is 0 Å². The van der Waals surface area contributed by atoms with E-state index in [1.165, 1.54) is 12.1 Å². The van der Waals surface area contributed by atoms with Crippen LogP contribution in [0.4, 0.5) is 4.39 Å². The van der Waals surface area contributed by atoms with Crippen molar-refractivity contribution in [3.63, 3.8) is 0 Å². The summed E-state index contributed by atoms with van der Waals surface area (Å²) in [5, 5.41) is 0. The molecule has 4 nitrogen and oxygen atoms in total. The molecule has 0 saturated carbocycles. The van der Waals surface area contributed by atoms with Gasteiger partial charge in [-0.25, -0.2) is 4.39 Å². The second-order valence-corrected chi connectivity index (χ2v) is 6.11. The molecule has 0 spiro atoms. The van der Waals surface area contributed by atoms with Gasteiger partial charge in [0.2, 0.25) is 0 Å². The fourth-order valence-electron chi connectivity index (χ4n) is 2.60. The molecule has 1 aromatic heterocycles. The molecule has 1 amide bonds. The molecule has 0 saturated heterocycles. The van der Waals surface area contributed by atoms with E-state index in [0.29, 0.717) is 23.4 Å². The molecule has 0 unspecified atom stereocenters. The second-order valence-electron chi connectivity index (χ2n) is 5.72. The van der Waals surface area contributed by atoms with Crippen LogP contribution in [-0.2, 0) is 13.2 Å². The average molecular weight is 333 g/mol. The minimum absolute atomic E-state index is 0.251. The Morgan fingerprint density at radius 3 is 2.48 bits per heavy atom. The Balaban J connectivity index is 2.25. The number of aromatic nitrogens is 1. The van der Waals surface area contributed by atoms with Crippen LogP contribution in [0.3, 0.4) is 0 Å². The monoisotopic (exact) mass is 333 g/mol. The number of rotatable bonds is 5. The molecule has 0 bridgehead atoms. The maximum atomic E-state index is 13.0. The van der Waals surface area contributed by atoms with Gasteiger partial charge in [0.1, 0.15) is 10.5 Å². The Hall–Kier alpha value is -2.05. The predicted octanol–water partition coefficient (Wildman–Crippen LogP) is 3.16. The highest BCUT2D eigenvalue weighted by atomic mass is 32.1. The number of amides is 1. The molecule has 23 heavy (non-hydrogen) atoms. The van der Waals surface area contributed by atoms with Gasteiger partial charge >= 0.3 is 0 Å². The van der Waals surface area contributed by atoms with Crippen molar-refractivity contribution in [2.24, 2.45) is 5.73 Å². The van der Waals surface area contributed by atoms with Crippen molar-refractivity contribution in [2.45, 2.75) is 27.1 Å². The van der Waals surface area contributed by atoms with E-state index in [4.69, 9.17) is 18.0 Å². The van der Waals surface area contributed by atoms with Gasteiger partial charge in [-0.3, -0.25) is 9.69 Å². The van der Waals surface area contributed by atoms with E-state index in [-0.39, 0.29) is 5.82 Å². The van der Waals surface area contributed by atoms with Crippen molar-refractivity contribution in [1.82, 2.24) is 9.47 Å². The number of pyridine rings is 1. The van der Waals surface area contributed by atoms with E-state index in [0.717, 1.165) is 16.8 Å². The van der Waals surface area contributed by atoms with Crippen LogP contribution in [-0.4, -0.2) is 22.4 Å². The Morgan fingerprint density at radius 2 is 1.91 bits per heavy atom. The topological polar surface area (TPSA) is 51.3 Å². The van der Waals surface area contributed by atoms with E-state index in [1.54, 1.807) is 12.1 Å². The Bertz CT molecular complexity index is 784. The molecule has 0 aliphatic rings. The van der Waals surface area contributed by atoms with Gasteiger partial charge in [0.15, 0.2) is 0 Å². The molecular formula is C17H20FN3OS. The summed E-state index contributed by atoms with van der Waals surface area (Å²) < 4.78 is 15.3. The molecule has 2 aromatic rings. The lowest BCUT2D eigenvalue weighted by atomic mass is 10.1. The zero-order valence-electron chi connectivity index (χ0n) is 13.5. The van der Waals surface area contributed by atoms with Crippen LogP contribution < -0.4 is 5.73 Å². The molecule has 2 rings (SSSR count). The third-order valence-electron chi connectivity index (χ3n) is 3.70. The first-order valence-corrected chi connectivity index (χ1v) is 7.64. The summed E-state index contributed by atoms with van der Waals surface area (Å²) in [6.45, 7) is 4.93. The number of primary amides is 1. The quantitative estimate of drug-likeness (QED) is 0.855. The molecule has 6 heteroatoms. The highest BCUT2D eigenvalue weighted by Crippen LogP contribution is 2.15. The van der Waals surface area contributed by atoms with E-state index >= 15 is 0 Å². The normalized spacial score (nSPS) is 11.0. The summed E-state index contributed by atoms with van der Waals surface area (Å²) in [5.74, 6) is -0.762. The van der Waals surface area contributed by atoms with Gasteiger partial charge in [0.05, 0.1) is 12.2 Å².